The van der Waals surface area contributed by atoms with Crippen LogP contribution in [0.15, 0.2) is 12.1 Å². The maximum Gasteiger partial charge on any atom is 0.129 e. The first kappa shape index (κ1) is 6.06. The Kier molecular flexibility index (Phi) is 1.66. The van der Waals surface area contributed by atoms with Gasteiger partial charge < -0.3 is 0 Å². The van der Waals surface area contributed by atoms with E-state index in [0.29, 0.717) is 10.7 Å². The first-order valence-electron chi connectivity index (χ1n) is 2.27. The zero-order chi connectivity index (χ0) is 6.69. The third-order valence-corrected chi connectivity index (χ3v) is 1.00. The Balaban J connectivity index is 3.06. The Bertz CT molecular complexity index is 234. The lowest BCUT2D eigenvalue weighted by Crippen LogP contribution is -1.76. The van der Waals surface area contributed by atoms with Crippen LogP contribution in [0.1, 0.15) is 5.56 Å². The van der Waals surface area contributed by atoms with Crippen LogP contribution in [0.5, 0.6) is 0 Å². The molecular formula is C6H2ClN2. The Morgan fingerprint density at radius 3 is 2.89 bits per heavy atom. The van der Waals surface area contributed by atoms with Gasteiger partial charge in [-0.25, -0.2) is 4.98 Å². The molecule has 3 heteroatoms. The number of hydrogen-bond donors (Lipinski definition) is 0. The summed E-state index contributed by atoms with van der Waals surface area (Å²) in [5.41, 5.74) is 0.402. The van der Waals surface area contributed by atoms with Crippen molar-refractivity contribution in [1.82, 2.24) is 4.98 Å². The van der Waals surface area contributed by atoms with E-state index in [4.69, 9.17) is 16.9 Å². The molecule has 0 spiro atoms. The van der Waals surface area contributed by atoms with Gasteiger partial charge in [-0.05, 0) is 12.1 Å². The molecule has 0 aliphatic heterocycles. The maximum absolute atomic E-state index is 8.26. The molecule has 0 N–H and O–H groups in total. The summed E-state index contributed by atoms with van der Waals surface area (Å²) in [6, 6.07) is 4.99. The van der Waals surface area contributed by atoms with E-state index in [1.54, 1.807) is 12.1 Å². The normalized spacial score (nSPS) is 8.44. The predicted octanol–water partition coefficient (Wildman–Crippen LogP) is 1.41. The minimum Gasteiger partial charge on any atom is -0.233 e. The van der Waals surface area contributed by atoms with Gasteiger partial charge in [0.2, 0.25) is 0 Å². The lowest BCUT2D eigenvalue weighted by Gasteiger charge is -1.84. The van der Waals surface area contributed by atoms with Crippen molar-refractivity contribution in [2.45, 2.75) is 0 Å². The number of hydrogen-bond acceptors (Lipinski definition) is 2. The fraction of sp³-hybridized carbons (Fsp3) is 0. The highest BCUT2D eigenvalue weighted by Crippen LogP contribution is 2.02. The van der Waals surface area contributed by atoms with Crippen LogP contribution in [0.3, 0.4) is 0 Å². The average molecular weight is 138 g/mol. The topological polar surface area (TPSA) is 36.7 Å². The van der Waals surface area contributed by atoms with Crippen LogP contribution in [0.2, 0.25) is 5.15 Å². The van der Waals surface area contributed by atoms with E-state index in [1.807, 2.05) is 6.07 Å². The minimum absolute atomic E-state index is 0.356. The number of pyridine rings is 1. The van der Waals surface area contributed by atoms with E-state index in [0.717, 1.165) is 0 Å². The van der Waals surface area contributed by atoms with Gasteiger partial charge in [-0.1, -0.05) is 11.6 Å². The fourth-order valence-electron chi connectivity index (χ4n) is 0.403. The van der Waals surface area contributed by atoms with Crippen molar-refractivity contribution in [3.05, 3.63) is 29.0 Å². The lowest BCUT2D eigenvalue weighted by molar-refractivity contribution is 1.28. The van der Waals surface area contributed by atoms with Crippen LogP contribution in [0, 0.1) is 17.5 Å². The predicted molar refractivity (Wildman–Crippen MR) is 32.8 cm³/mol. The molecule has 1 radical (unpaired) electrons. The van der Waals surface area contributed by atoms with Crippen molar-refractivity contribution in [3.63, 3.8) is 0 Å². The molecule has 2 nitrogen and oxygen atoms in total. The monoisotopic (exact) mass is 137 g/mol. The van der Waals surface area contributed by atoms with Gasteiger partial charge >= 0.3 is 0 Å². The van der Waals surface area contributed by atoms with E-state index < -0.39 is 0 Å². The second-order valence-electron chi connectivity index (χ2n) is 1.41. The Hall–Kier alpha value is -1.07. The molecule has 0 bridgehead atoms. The average Bonchev–Trinajstić information content (AvgIpc) is 1.90. The van der Waals surface area contributed by atoms with Gasteiger partial charge in [0.1, 0.15) is 17.4 Å². The number of halogens is 1. The van der Waals surface area contributed by atoms with Gasteiger partial charge in [0.05, 0.1) is 5.56 Å². The zero-order valence-electron chi connectivity index (χ0n) is 4.43. The summed E-state index contributed by atoms with van der Waals surface area (Å²) in [4.78, 5) is 3.57. The molecule has 0 fully saturated rings. The largest absolute Gasteiger partial charge is 0.233 e. The number of aromatic nitrogens is 1. The summed E-state index contributed by atoms with van der Waals surface area (Å²) in [5, 5.41) is 8.62. The first-order chi connectivity index (χ1) is 4.33. The summed E-state index contributed by atoms with van der Waals surface area (Å²) < 4.78 is 0. The summed E-state index contributed by atoms with van der Waals surface area (Å²) in [6.45, 7) is 0. The number of nitrogens with zero attached hydrogens (tertiary/aromatic N) is 2. The van der Waals surface area contributed by atoms with Crippen LogP contribution < -0.4 is 0 Å². The molecule has 0 atom stereocenters. The molecule has 1 rings (SSSR count). The standard InChI is InChI=1S/C6H2ClN2/c7-6-2-1-5(3-8)4-9-6/h1-2H. The molecule has 0 amide bonds. The molecule has 9 heavy (non-hydrogen) atoms. The van der Waals surface area contributed by atoms with Crippen molar-refractivity contribution >= 4 is 11.6 Å². The Morgan fingerprint density at radius 2 is 2.44 bits per heavy atom. The molecule has 0 aliphatic rings. The summed E-state index contributed by atoms with van der Waals surface area (Å²) in [5.74, 6) is 0. The highest BCUT2D eigenvalue weighted by Gasteiger charge is 1.89. The molecule has 1 heterocycles. The van der Waals surface area contributed by atoms with Gasteiger partial charge in [-0.2, -0.15) is 5.26 Å². The Labute approximate surface area is 57.7 Å². The minimum atomic E-state index is 0.356. The summed E-state index contributed by atoms with van der Waals surface area (Å²) in [7, 11) is 0. The molecule has 0 saturated heterocycles. The molecular weight excluding hydrogens is 136 g/mol. The molecule has 43 valence electrons. The van der Waals surface area contributed by atoms with Crippen molar-refractivity contribution < 1.29 is 0 Å². The van der Waals surface area contributed by atoms with Gasteiger partial charge in [0, 0.05) is 0 Å². The number of nitriles is 1. The highest BCUT2D eigenvalue weighted by atomic mass is 35.5. The lowest BCUT2D eigenvalue weighted by atomic mass is 10.3. The summed E-state index contributed by atoms with van der Waals surface area (Å²) in [6.07, 6.45) is 2.44. The van der Waals surface area contributed by atoms with Crippen molar-refractivity contribution in [2.24, 2.45) is 0 Å². The van der Waals surface area contributed by atoms with Crippen LogP contribution in [-0.2, 0) is 0 Å². The molecule has 0 aliphatic carbocycles. The van der Waals surface area contributed by atoms with Crippen LogP contribution in [0.4, 0.5) is 0 Å². The third kappa shape index (κ3) is 1.41. The van der Waals surface area contributed by atoms with Crippen LogP contribution in [0.25, 0.3) is 0 Å². The fourth-order valence-corrected chi connectivity index (χ4v) is 0.508. The zero-order valence-corrected chi connectivity index (χ0v) is 5.18. The molecule has 0 unspecified atom stereocenters. The third-order valence-electron chi connectivity index (χ3n) is 0.791. The van der Waals surface area contributed by atoms with Gasteiger partial charge in [-0.3, -0.25) is 0 Å². The van der Waals surface area contributed by atoms with Crippen LogP contribution >= 0.6 is 11.6 Å². The molecule has 1 aromatic heterocycles. The number of rotatable bonds is 0. The summed E-state index contributed by atoms with van der Waals surface area (Å²) >= 11 is 5.42. The van der Waals surface area contributed by atoms with E-state index in [-0.39, 0.29) is 0 Å². The van der Waals surface area contributed by atoms with E-state index in [2.05, 4.69) is 11.2 Å². The van der Waals surface area contributed by atoms with Crippen molar-refractivity contribution in [2.75, 3.05) is 0 Å². The Morgan fingerprint density at radius 1 is 1.67 bits per heavy atom. The first-order valence-corrected chi connectivity index (χ1v) is 2.65. The second-order valence-corrected chi connectivity index (χ2v) is 1.79. The van der Waals surface area contributed by atoms with Crippen molar-refractivity contribution in [3.8, 4) is 6.07 Å². The maximum atomic E-state index is 8.26. The van der Waals surface area contributed by atoms with Crippen LogP contribution in [-0.4, -0.2) is 4.98 Å². The molecule has 0 saturated carbocycles. The second kappa shape index (κ2) is 2.47. The highest BCUT2D eigenvalue weighted by molar-refractivity contribution is 6.29. The molecule has 1 aromatic rings. The SMILES string of the molecule is N#Cc1[c]nc(Cl)cc1. The smallest absolute Gasteiger partial charge is 0.129 e. The van der Waals surface area contributed by atoms with Gasteiger partial charge in [-0.15, -0.1) is 0 Å². The van der Waals surface area contributed by atoms with E-state index >= 15 is 0 Å². The molecule has 0 aromatic carbocycles. The quantitative estimate of drug-likeness (QED) is 0.507. The van der Waals surface area contributed by atoms with E-state index in [1.165, 1.54) is 0 Å². The van der Waals surface area contributed by atoms with Gasteiger partial charge in [0.15, 0.2) is 0 Å². The van der Waals surface area contributed by atoms with E-state index in [9.17, 15) is 0 Å². The van der Waals surface area contributed by atoms with Crippen molar-refractivity contribution in [1.29, 1.82) is 5.26 Å². The van der Waals surface area contributed by atoms with Gasteiger partial charge in [0.25, 0.3) is 0 Å².